The van der Waals surface area contributed by atoms with Gasteiger partial charge in [-0.25, -0.2) is 9.59 Å². The van der Waals surface area contributed by atoms with Gasteiger partial charge in [0.2, 0.25) is 0 Å². The van der Waals surface area contributed by atoms with Crippen LogP contribution in [-0.4, -0.2) is 29.1 Å². The van der Waals surface area contributed by atoms with Crippen molar-refractivity contribution in [2.45, 2.75) is 33.3 Å². The van der Waals surface area contributed by atoms with Gasteiger partial charge in [0, 0.05) is 26.3 Å². The number of carbonyl (C=O) groups is 2. The number of halogens is 1. The van der Waals surface area contributed by atoms with Crippen molar-refractivity contribution in [2.75, 3.05) is 6.61 Å². The van der Waals surface area contributed by atoms with Crippen LogP contribution in [0.5, 0.6) is 0 Å². The van der Waals surface area contributed by atoms with Crippen molar-refractivity contribution in [2.24, 2.45) is 0 Å². The van der Waals surface area contributed by atoms with Crippen LogP contribution in [0.25, 0.3) is 21.8 Å². The summed E-state index contributed by atoms with van der Waals surface area (Å²) in [5.41, 5.74) is 1.90. The zero-order valence-corrected chi connectivity index (χ0v) is 16.7. The number of ether oxygens (including phenoxy) is 2. The van der Waals surface area contributed by atoms with E-state index in [1.54, 1.807) is 25.1 Å². The molecule has 6 heteroatoms. The van der Waals surface area contributed by atoms with Gasteiger partial charge in [-0.3, -0.25) is 0 Å². The summed E-state index contributed by atoms with van der Waals surface area (Å²) in [5.74, 6) is -0.800. The zero-order chi connectivity index (χ0) is 19.1. The predicted octanol–water partition coefficient (Wildman–Crippen LogP) is 5.22. The van der Waals surface area contributed by atoms with E-state index in [2.05, 4.69) is 20.9 Å². The lowest BCUT2D eigenvalue weighted by Crippen LogP contribution is -2.24. The van der Waals surface area contributed by atoms with Gasteiger partial charge < -0.3 is 14.5 Å². The number of aromatic amines is 1. The summed E-state index contributed by atoms with van der Waals surface area (Å²) < 4.78 is 11.4. The lowest BCUT2D eigenvalue weighted by atomic mass is 10.0. The molecular weight excluding hydrogens is 398 g/mol. The lowest BCUT2D eigenvalue weighted by molar-refractivity contribution is 0.00716. The number of hydrogen-bond acceptors (Lipinski definition) is 4. The van der Waals surface area contributed by atoms with Gasteiger partial charge in [0.15, 0.2) is 0 Å². The number of H-pyrrole nitrogens is 1. The van der Waals surface area contributed by atoms with Crippen molar-refractivity contribution in [3.05, 3.63) is 45.9 Å². The van der Waals surface area contributed by atoms with Gasteiger partial charge in [-0.15, -0.1) is 0 Å². The van der Waals surface area contributed by atoms with Crippen LogP contribution in [0.1, 0.15) is 48.4 Å². The number of aromatic nitrogens is 1. The monoisotopic (exact) mass is 417 g/mol. The van der Waals surface area contributed by atoms with Crippen molar-refractivity contribution in [3.63, 3.8) is 0 Å². The van der Waals surface area contributed by atoms with Crippen molar-refractivity contribution in [1.29, 1.82) is 0 Å². The molecule has 0 saturated heterocycles. The van der Waals surface area contributed by atoms with Gasteiger partial charge in [0.05, 0.1) is 17.7 Å². The first-order chi connectivity index (χ1) is 12.2. The molecule has 5 nitrogen and oxygen atoms in total. The summed E-state index contributed by atoms with van der Waals surface area (Å²) in [4.78, 5) is 28.1. The highest BCUT2D eigenvalue weighted by atomic mass is 79.9. The van der Waals surface area contributed by atoms with Crippen molar-refractivity contribution >= 4 is 49.7 Å². The molecule has 0 aliphatic heterocycles. The number of nitrogens with one attached hydrogen (secondary N) is 1. The predicted molar refractivity (Wildman–Crippen MR) is 105 cm³/mol. The highest BCUT2D eigenvalue weighted by Crippen LogP contribution is 2.33. The minimum atomic E-state index is -0.603. The molecule has 0 radical (unpaired) electrons. The first-order valence-corrected chi connectivity index (χ1v) is 9.14. The van der Waals surface area contributed by atoms with E-state index in [9.17, 15) is 9.59 Å². The molecule has 0 amide bonds. The molecule has 3 aromatic rings. The molecule has 0 atom stereocenters. The van der Waals surface area contributed by atoms with E-state index in [4.69, 9.17) is 9.47 Å². The van der Waals surface area contributed by atoms with Crippen molar-refractivity contribution in [3.8, 4) is 0 Å². The Labute approximate surface area is 159 Å². The number of benzene rings is 2. The largest absolute Gasteiger partial charge is 0.462 e. The maximum atomic E-state index is 12.7. The topological polar surface area (TPSA) is 68.4 Å². The fourth-order valence-corrected chi connectivity index (χ4v) is 3.29. The quantitative estimate of drug-likeness (QED) is 0.593. The van der Waals surface area contributed by atoms with E-state index in [0.29, 0.717) is 17.7 Å². The minimum absolute atomic E-state index is 0.306. The van der Waals surface area contributed by atoms with Crippen LogP contribution < -0.4 is 0 Å². The molecule has 0 fully saturated rings. The number of fused-ring (bicyclic) bond motifs is 3. The van der Waals surface area contributed by atoms with Crippen LogP contribution in [0.15, 0.2) is 34.8 Å². The summed E-state index contributed by atoms with van der Waals surface area (Å²) in [6, 6.07) is 8.90. The van der Waals surface area contributed by atoms with Crippen LogP contribution in [0.3, 0.4) is 0 Å². The second-order valence-electron chi connectivity index (χ2n) is 6.98. The Morgan fingerprint density at radius 3 is 2.46 bits per heavy atom. The number of esters is 2. The molecule has 1 heterocycles. The van der Waals surface area contributed by atoms with E-state index in [1.807, 2.05) is 32.9 Å². The van der Waals surface area contributed by atoms with Crippen molar-refractivity contribution < 1.29 is 19.1 Å². The smallest absolute Gasteiger partial charge is 0.339 e. The summed E-state index contributed by atoms with van der Waals surface area (Å²) in [6.07, 6.45) is 0. The zero-order valence-electron chi connectivity index (χ0n) is 15.1. The molecule has 1 aromatic heterocycles. The number of carbonyl (C=O) groups excluding carboxylic acids is 2. The lowest BCUT2D eigenvalue weighted by Gasteiger charge is -2.20. The van der Waals surface area contributed by atoms with Gasteiger partial charge in [-0.05, 0) is 58.0 Å². The third-order valence-electron chi connectivity index (χ3n) is 3.79. The second kappa shape index (κ2) is 6.76. The summed E-state index contributed by atoms with van der Waals surface area (Å²) in [7, 11) is 0. The minimum Gasteiger partial charge on any atom is -0.462 e. The molecule has 136 valence electrons. The highest BCUT2D eigenvalue weighted by molar-refractivity contribution is 9.10. The van der Waals surface area contributed by atoms with Crippen molar-refractivity contribution in [1.82, 2.24) is 4.98 Å². The Kier molecular flexibility index (Phi) is 4.80. The Bertz CT molecular complexity index is 1010. The first-order valence-electron chi connectivity index (χ1n) is 8.35. The third-order valence-corrected chi connectivity index (χ3v) is 4.25. The standard InChI is InChI=1S/C20H20BrNO4/c1-5-25-18(23)11-6-7-15-13(8-11)17-14(19(24)26-20(2,3)4)9-12(21)10-16(17)22-15/h6-10,22H,5H2,1-4H3. The number of hydrogen-bond donors (Lipinski definition) is 1. The van der Waals surface area contributed by atoms with Gasteiger partial charge in [0.25, 0.3) is 0 Å². The SMILES string of the molecule is CCOC(=O)c1ccc2[nH]c3cc(Br)cc(C(=O)OC(C)(C)C)c3c2c1. The van der Waals surface area contributed by atoms with Gasteiger partial charge >= 0.3 is 11.9 Å². The maximum absolute atomic E-state index is 12.7. The van der Waals surface area contributed by atoms with E-state index >= 15 is 0 Å². The first kappa shape index (κ1) is 18.5. The molecule has 0 unspecified atom stereocenters. The fourth-order valence-electron chi connectivity index (χ4n) is 2.84. The number of rotatable bonds is 3. The molecule has 0 spiro atoms. The average Bonchev–Trinajstić information content (AvgIpc) is 2.89. The van der Waals surface area contributed by atoms with Gasteiger partial charge in [0.1, 0.15) is 5.60 Å². The van der Waals surface area contributed by atoms with Gasteiger partial charge in [-0.2, -0.15) is 0 Å². The Morgan fingerprint density at radius 2 is 1.81 bits per heavy atom. The van der Waals surface area contributed by atoms with Crippen LogP contribution in [0.2, 0.25) is 0 Å². The molecule has 0 aliphatic rings. The van der Waals surface area contributed by atoms with Crippen LogP contribution >= 0.6 is 15.9 Å². The maximum Gasteiger partial charge on any atom is 0.339 e. The molecule has 0 bridgehead atoms. The van der Waals surface area contributed by atoms with E-state index < -0.39 is 11.6 Å². The average molecular weight is 418 g/mol. The Balaban J connectivity index is 2.23. The Morgan fingerprint density at radius 1 is 1.08 bits per heavy atom. The van der Waals surface area contributed by atoms with E-state index in [-0.39, 0.29) is 5.97 Å². The summed E-state index contributed by atoms with van der Waals surface area (Å²) in [6.45, 7) is 7.55. The van der Waals surface area contributed by atoms with Crippen LogP contribution in [0, 0.1) is 0 Å². The molecule has 26 heavy (non-hydrogen) atoms. The molecule has 0 aliphatic carbocycles. The summed E-state index contributed by atoms with van der Waals surface area (Å²) >= 11 is 3.44. The summed E-state index contributed by atoms with van der Waals surface area (Å²) in [5, 5.41) is 1.50. The third kappa shape index (κ3) is 3.60. The van der Waals surface area contributed by atoms with Gasteiger partial charge in [-0.1, -0.05) is 15.9 Å². The normalized spacial score (nSPS) is 11.7. The second-order valence-corrected chi connectivity index (χ2v) is 7.90. The van der Waals surface area contributed by atoms with Crippen LogP contribution in [-0.2, 0) is 9.47 Å². The molecule has 1 N–H and O–H groups in total. The van der Waals surface area contributed by atoms with Crippen LogP contribution in [0.4, 0.5) is 0 Å². The molecular formula is C20H20BrNO4. The molecule has 2 aromatic carbocycles. The molecule has 0 saturated carbocycles. The Hall–Kier alpha value is -2.34. The van der Waals surface area contributed by atoms with E-state index in [0.717, 1.165) is 26.3 Å². The molecule has 3 rings (SSSR count). The fraction of sp³-hybridized carbons (Fsp3) is 0.300. The highest BCUT2D eigenvalue weighted by Gasteiger charge is 2.22. The van der Waals surface area contributed by atoms with E-state index in [1.165, 1.54) is 0 Å².